The van der Waals surface area contributed by atoms with Gasteiger partial charge in [-0.25, -0.2) is 4.79 Å². The van der Waals surface area contributed by atoms with E-state index in [9.17, 15) is 4.79 Å². The second-order valence-electron chi connectivity index (χ2n) is 6.02. The fourth-order valence-corrected chi connectivity index (χ4v) is 2.02. The average Bonchev–Trinajstić information content (AvgIpc) is 2.38. The molecule has 1 unspecified atom stereocenters. The topological polar surface area (TPSA) is 67.4 Å². The number of amides is 1. The van der Waals surface area contributed by atoms with Crippen LogP contribution < -0.4 is 5.32 Å². The van der Waals surface area contributed by atoms with Crippen LogP contribution in [0.15, 0.2) is 12.4 Å². The van der Waals surface area contributed by atoms with Crippen molar-refractivity contribution in [2.75, 3.05) is 19.6 Å². The van der Waals surface area contributed by atoms with Gasteiger partial charge in [-0.05, 0) is 27.7 Å². The van der Waals surface area contributed by atoms with E-state index >= 15 is 0 Å². The average molecular weight is 278 g/mol. The lowest BCUT2D eigenvalue weighted by Crippen LogP contribution is -2.49. The molecule has 0 radical (unpaired) electrons. The van der Waals surface area contributed by atoms with E-state index in [1.54, 1.807) is 17.3 Å². The number of nitrogens with zero attached hydrogens (tertiary/aromatic N) is 3. The van der Waals surface area contributed by atoms with Gasteiger partial charge in [0.2, 0.25) is 0 Å². The Morgan fingerprint density at radius 2 is 2.15 bits per heavy atom. The summed E-state index contributed by atoms with van der Waals surface area (Å²) in [6.45, 7) is 9.43. The number of nitrogens with one attached hydrogen (secondary N) is 1. The minimum Gasteiger partial charge on any atom is -0.444 e. The van der Waals surface area contributed by atoms with Crippen molar-refractivity contribution in [2.45, 2.75) is 39.3 Å². The van der Waals surface area contributed by atoms with Gasteiger partial charge in [0.05, 0.1) is 23.6 Å². The van der Waals surface area contributed by atoms with E-state index in [2.05, 4.69) is 15.3 Å². The van der Waals surface area contributed by atoms with Gasteiger partial charge in [0.1, 0.15) is 5.60 Å². The maximum absolute atomic E-state index is 12.1. The summed E-state index contributed by atoms with van der Waals surface area (Å²) >= 11 is 0. The molecule has 1 atom stereocenters. The zero-order valence-electron chi connectivity index (χ0n) is 12.5. The standard InChI is InChI=1S/C14H22N4O2/c1-10-7-17-11(8-16-10)12-9-18(6-5-15-12)13(19)20-14(2,3)4/h7-8,12,15H,5-6,9H2,1-4H3. The van der Waals surface area contributed by atoms with E-state index in [-0.39, 0.29) is 12.1 Å². The van der Waals surface area contributed by atoms with E-state index in [4.69, 9.17) is 4.74 Å². The molecule has 1 fully saturated rings. The highest BCUT2D eigenvalue weighted by molar-refractivity contribution is 5.68. The van der Waals surface area contributed by atoms with Gasteiger partial charge in [-0.3, -0.25) is 9.97 Å². The first-order valence-corrected chi connectivity index (χ1v) is 6.85. The van der Waals surface area contributed by atoms with Crippen LogP contribution in [0.4, 0.5) is 4.79 Å². The van der Waals surface area contributed by atoms with Crippen molar-refractivity contribution in [3.8, 4) is 0 Å². The Morgan fingerprint density at radius 1 is 1.40 bits per heavy atom. The molecule has 2 heterocycles. The lowest BCUT2D eigenvalue weighted by molar-refractivity contribution is 0.0193. The summed E-state index contributed by atoms with van der Waals surface area (Å²) in [5, 5.41) is 3.35. The zero-order chi connectivity index (χ0) is 14.8. The minimum atomic E-state index is -0.471. The number of carbonyl (C=O) groups is 1. The Labute approximate surface area is 119 Å². The summed E-state index contributed by atoms with van der Waals surface area (Å²) in [5.74, 6) is 0. The van der Waals surface area contributed by atoms with Crippen LogP contribution in [0.2, 0.25) is 0 Å². The molecular weight excluding hydrogens is 256 g/mol. The maximum Gasteiger partial charge on any atom is 0.410 e. The largest absolute Gasteiger partial charge is 0.444 e. The smallest absolute Gasteiger partial charge is 0.410 e. The molecule has 0 saturated carbocycles. The Hall–Kier alpha value is -1.69. The fourth-order valence-electron chi connectivity index (χ4n) is 2.02. The van der Waals surface area contributed by atoms with Gasteiger partial charge in [-0.1, -0.05) is 0 Å². The van der Waals surface area contributed by atoms with Crippen molar-refractivity contribution in [1.29, 1.82) is 0 Å². The lowest BCUT2D eigenvalue weighted by Gasteiger charge is -2.34. The highest BCUT2D eigenvalue weighted by Crippen LogP contribution is 2.17. The maximum atomic E-state index is 12.1. The molecule has 1 aromatic heterocycles. The zero-order valence-corrected chi connectivity index (χ0v) is 12.5. The second kappa shape index (κ2) is 5.75. The van der Waals surface area contributed by atoms with E-state index in [1.165, 1.54) is 0 Å². The fraction of sp³-hybridized carbons (Fsp3) is 0.643. The molecule has 1 N–H and O–H groups in total. The third kappa shape index (κ3) is 3.90. The summed E-state index contributed by atoms with van der Waals surface area (Å²) in [6, 6.07) is 0.00404. The van der Waals surface area contributed by atoms with E-state index < -0.39 is 5.60 Å². The Kier molecular flexibility index (Phi) is 4.23. The van der Waals surface area contributed by atoms with Crippen molar-refractivity contribution in [1.82, 2.24) is 20.2 Å². The lowest BCUT2D eigenvalue weighted by atomic mass is 10.1. The SMILES string of the molecule is Cc1cnc(C2CN(C(=O)OC(C)(C)C)CCN2)cn1. The molecule has 6 nitrogen and oxygen atoms in total. The minimum absolute atomic E-state index is 0.00404. The Morgan fingerprint density at radius 3 is 2.75 bits per heavy atom. The normalized spacial score (nSPS) is 19.8. The number of aryl methyl sites for hydroxylation is 1. The first kappa shape index (κ1) is 14.7. The van der Waals surface area contributed by atoms with Crippen molar-refractivity contribution < 1.29 is 9.53 Å². The molecule has 1 aromatic rings. The van der Waals surface area contributed by atoms with E-state index in [0.717, 1.165) is 17.9 Å². The number of hydrogen-bond donors (Lipinski definition) is 1. The van der Waals surface area contributed by atoms with Crippen molar-refractivity contribution in [3.63, 3.8) is 0 Å². The highest BCUT2D eigenvalue weighted by Gasteiger charge is 2.28. The van der Waals surface area contributed by atoms with Crippen LogP contribution in [0.1, 0.15) is 38.2 Å². The van der Waals surface area contributed by atoms with Gasteiger partial charge < -0.3 is 15.0 Å². The van der Waals surface area contributed by atoms with E-state index in [1.807, 2.05) is 27.7 Å². The Bertz CT molecular complexity index is 467. The summed E-state index contributed by atoms with van der Waals surface area (Å²) in [4.78, 5) is 22.4. The van der Waals surface area contributed by atoms with Gasteiger partial charge in [0.15, 0.2) is 0 Å². The van der Waals surface area contributed by atoms with Crippen LogP contribution in [0.25, 0.3) is 0 Å². The molecule has 0 aliphatic carbocycles. The molecule has 0 aromatic carbocycles. The van der Waals surface area contributed by atoms with Crippen molar-refractivity contribution in [3.05, 3.63) is 23.8 Å². The monoisotopic (exact) mass is 278 g/mol. The molecule has 20 heavy (non-hydrogen) atoms. The van der Waals surface area contributed by atoms with Crippen LogP contribution >= 0.6 is 0 Å². The van der Waals surface area contributed by atoms with Crippen molar-refractivity contribution in [2.24, 2.45) is 0 Å². The van der Waals surface area contributed by atoms with Crippen LogP contribution in [0.3, 0.4) is 0 Å². The van der Waals surface area contributed by atoms with Crippen LogP contribution in [0.5, 0.6) is 0 Å². The number of ether oxygens (including phenoxy) is 1. The number of aromatic nitrogens is 2. The first-order chi connectivity index (χ1) is 9.35. The number of carbonyl (C=O) groups excluding carboxylic acids is 1. The molecule has 1 aliphatic heterocycles. The summed E-state index contributed by atoms with van der Waals surface area (Å²) < 4.78 is 5.40. The Balaban J connectivity index is 2.01. The molecule has 1 saturated heterocycles. The molecular formula is C14H22N4O2. The molecule has 2 rings (SSSR count). The van der Waals surface area contributed by atoms with Gasteiger partial charge in [0, 0.05) is 25.8 Å². The first-order valence-electron chi connectivity index (χ1n) is 6.85. The summed E-state index contributed by atoms with van der Waals surface area (Å²) in [7, 11) is 0. The molecule has 0 spiro atoms. The van der Waals surface area contributed by atoms with Crippen LogP contribution in [-0.2, 0) is 4.74 Å². The third-order valence-corrected chi connectivity index (χ3v) is 2.99. The predicted octanol–water partition coefficient (Wildman–Crippen LogP) is 1.67. The van der Waals surface area contributed by atoms with Crippen molar-refractivity contribution >= 4 is 6.09 Å². The number of hydrogen-bond acceptors (Lipinski definition) is 5. The van der Waals surface area contributed by atoms with Gasteiger partial charge in [0.25, 0.3) is 0 Å². The van der Waals surface area contributed by atoms with E-state index in [0.29, 0.717) is 13.1 Å². The second-order valence-corrected chi connectivity index (χ2v) is 6.02. The third-order valence-electron chi connectivity index (χ3n) is 2.99. The molecule has 0 bridgehead atoms. The predicted molar refractivity (Wildman–Crippen MR) is 75.3 cm³/mol. The number of piperazine rings is 1. The summed E-state index contributed by atoms with van der Waals surface area (Å²) in [6.07, 6.45) is 3.22. The summed E-state index contributed by atoms with van der Waals surface area (Å²) in [5.41, 5.74) is 1.26. The van der Waals surface area contributed by atoms with Gasteiger partial charge in [-0.15, -0.1) is 0 Å². The van der Waals surface area contributed by atoms with Gasteiger partial charge >= 0.3 is 6.09 Å². The molecule has 110 valence electrons. The van der Waals surface area contributed by atoms with Gasteiger partial charge in [-0.2, -0.15) is 0 Å². The molecule has 1 aliphatic rings. The molecule has 1 amide bonds. The van der Waals surface area contributed by atoms with Crippen LogP contribution in [-0.4, -0.2) is 46.2 Å². The number of rotatable bonds is 1. The highest BCUT2D eigenvalue weighted by atomic mass is 16.6. The van der Waals surface area contributed by atoms with Crippen LogP contribution in [0, 0.1) is 6.92 Å². The molecule has 6 heteroatoms. The quantitative estimate of drug-likeness (QED) is 0.846.